The van der Waals surface area contributed by atoms with Crippen molar-refractivity contribution in [1.29, 1.82) is 0 Å². The molecule has 4 rings (SSSR count). The smallest absolute Gasteiger partial charge is 0.272 e. The summed E-state index contributed by atoms with van der Waals surface area (Å²) >= 11 is 5.78. The Morgan fingerprint density at radius 3 is 2.67 bits per heavy atom. The average molecular weight is 435 g/mol. The summed E-state index contributed by atoms with van der Waals surface area (Å²) < 4.78 is 37.0. The first kappa shape index (κ1) is 19.6. The van der Waals surface area contributed by atoms with Crippen molar-refractivity contribution in [2.75, 3.05) is 12.1 Å². The van der Waals surface area contributed by atoms with Crippen molar-refractivity contribution in [3.63, 3.8) is 0 Å². The quantitative estimate of drug-likeness (QED) is 0.535. The van der Waals surface area contributed by atoms with Gasteiger partial charge >= 0.3 is 0 Å². The number of rotatable bonds is 5. The molecule has 0 saturated heterocycles. The van der Waals surface area contributed by atoms with E-state index in [0.717, 1.165) is 5.56 Å². The van der Waals surface area contributed by atoms with Crippen LogP contribution in [0.2, 0.25) is 5.02 Å². The highest BCUT2D eigenvalue weighted by Crippen LogP contribution is 2.32. The monoisotopic (exact) mass is 434 g/mol. The molecule has 2 aromatic carbocycles. The normalized spacial score (nSPS) is 12.0. The summed E-state index contributed by atoms with van der Waals surface area (Å²) in [5, 5.41) is 11.1. The Hall–Kier alpha value is -3.66. The third-order valence-electron chi connectivity index (χ3n) is 4.20. The number of fused-ring (bicyclic) bond motifs is 1. The molecule has 0 fully saturated rings. The zero-order valence-corrected chi connectivity index (χ0v) is 15.8. The predicted octanol–water partition coefficient (Wildman–Crippen LogP) is 3.25. The number of hydrogen-bond acceptors (Lipinski definition) is 5. The van der Waals surface area contributed by atoms with Crippen LogP contribution in [0.25, 0.3) is 0 Å². The molecule has 2 heterocycles. The Kier molecular flexibility index (Phi) is 5.23. The van der Waals surface area contributed by atoms with E-state index in [4.69, 9.17) is 21.1 Å². The third-order valence-corrected chi connectivity index (χ3v) is 4.52. The average Bonchev–Trinajstić information content (AvgIpc) is 3.37. The number of anilines is 1. The van der Waals surface area contributed by atoms with E-state index in [1.807, 2.05) is 0 Å². The minimum Gasteiger partial charge on any atom is -0.454 e. The molecule has 1 aliphatic rings. The number of benzene rings is 2. The summed E-state index contributed by atoms with van der Waals surface area (Å²) in [7, 11) is 0. The molecule has 3 aromatic rings. The molecule has 11 heteroatoms. The summed E-state index contributed by atoms with van der Waals surface area (Å²) in [6.07, 6.45) is 0. The first-order valence-electron chi connectivity index (χ1n) is 8.59. The van der Waals surface area contributed by atoms with Crippen molar-refractivity contribution in [2.24, 2.45) is 0 Å². The van der Waals surface area contributed by atoms with Crippen LogP contribution >= 0.6 is 11.6 Å². The number of nitrogens with one attached hydrogen (secondary N) is 3. The number of halogens is 3. The largest absolute Gasteiger partial charge is 0.454 e. The molecule has 30 heavy (non-hydrogen) atoms. The van der Waals surface area contributed by atoms with Crippen molar-refractivity contribution in [3.8, 4) is 11.5 Å². The van der Waals surface area contributed by atoms with Gasteiger partial charge in [-0.1, -0.05) is 17.7 Å². The number of H-pyrrole nitrogens is 1. The van der Waals surface area contributed by atoms with Gasteiger partial charge in [-0.2, -0.15) is 5.10 Å². The number of hydrogen-bond donors (Lipinski definition) is 3. The second-order valence-corrected chi connectivity index (χ2v) is 6.64. The molecule has 0 saturated carbocycles. The van der Waals surface area contributed by atoms with Gasteiger partial charge in [-0.05, 0) is 29.8 Å². The van der Waals surface area contributed by atoms with Crippen molar-refractivity contribution in [2.45, 2.75) is 6.54 Å². The van der Waals surface area contributed by atoms with E-state index >= 15 is 0 Å². The maximum absolute atomic E-state index is 13.4. The third kappa shape index (κ3) is 4.03. The topological polar surface area (TPSA) is 105 Å². The Balaban J connectivity index is 1.38. The zero-order valence-electron chi connectivity index (χ0n) is 15.1. The maximum atomic E-state index is 13.4. The Labute approximate surface area is 173 Å². The molecule has 154 valence electrons. The first-order valence-corrected chi connectivity index (χ1v) is 8.96. The summed E-state index contributed by atoms with van der Waals surface area (Å²) in [6, 6.07) is 7.96. The lowest BCUT2D eigenvalue weighted by atomic mass is 10.2. The van der Waals surface area contributed by atoms with Gasteiger partial charge in [-0.15, -0.1) is 0 Å². The predicted molar refractivity (Wildman–Crippen MR) is 102 cm³/mol. The lowest BCUT2D eigenvalue weighted by Gasteiger charge is -2.05. The van der Waals surface area contributed by atoms with Crippen LogP contribution in [0.15, 0.2) is 36.4 Å². The summed E-state index contributed by atoms with van der Waals surface area (Å²) in [5.74, 6) is -2.35. The first-order chi connectivity index (χ1) is 14.4. The second kappa shape index (κ2) is 7.99. The van der Waals surface area contributed by atoms with E-state index in [1.165, 1.54) is 6.07 Å². The summed E-state index contributed by atoms with van der Waals surface area (Å²) in [5.41, 5.74) is 0.547. The molecular formula is C19H13ClF2N4O4. The van der Waals surface area contributed by atoms with E-state index < -0.39 is 23.4 Å². The van der Waals surface area contributed by atoms with E-state index in [2.05, 4.69) is 20.8 Å². The molecule has 1 aliphatic heterocycles. The van der Waals surface area contributed by atoms with Crippen LogP contribution in [-0.4, -0.2) is 28.8 Å². The minimum absolute atomic E-state index is 0.0161. The number of nitrogens with zero attached hydrogens (tertiary/aromatic N) is 1. The van der Waals surface area contributed by atoms with Crippen LogP contribution < -0.4 is 20.1 Å². The van der Waals surface area contributed by atoms with Gasteiger partial charge in [-0.3, -0.25) is 14.7 Å². The van der Waals surface area contributed by atoms with Gasteiger partial charge in [0, 0.05) is 12.6 Å². The Bertz CT molecular complexity index is 1150. The summed E-state index contributed by atoms with van der Waals surface area (Å²) in [6.45, 7) is 0.372. The van der Waals surface area contributed by atoms with Crippen molar-refractivity contribution in [3.05, 3.63) is 69.9 Å². The fourth-order valence-electron chi connectivity index (χ4n) is 2.71. The number of carbonyl (C=O) groups is 2. The van der Waals surface area contributed by atoms with Crippen molar-refractivity contribution in [1.82, 2.24) is 15.5 Å². The minimum atomic E-state index is -1.21. The fourth-order valence-corrected chi connectivity index (χ4v) is 2.95. The molecule has 0 radical (unpaired) electrons. The second-order valence-electron chi connectivity index (χ2n) is 6.24. The maximum Gasteiger partial charge on any atom is 0.272 e. The molecule has 3 N–H and O–H groups in total. The van der Waals surface area contributed by atoms with Crippen LogP contribution in [0.1, 0.15) is 26.4 Å². The Morgan fingerprint density at radius 1 is 1.07 bits per heavy atom. The molecule has 0 aliphatic carbocycles. The number of ether oxygens (including phenoxy) is 2. The van der Waals surface area contributed by atoms with Gasteiger partial charge in [0.25, 0.3) is 11.8 Å². The number of aromatic amines is 1. The Morgan fingerprint density at radius 2 is 1.83 bits per heavy atom. The van der Waals surface area contributed by atoms with Crippen LogP contribution in [0.3, 0.4) is 0 Å². The number of amides is 2. The SMILES string of the molecule is O=C(NCc1ccc2c(c1)OCO2)c1cc(NC(=O)c2cc(F)c(F)cc2Cl)[nH]n1. The molecule has 0 spiro atoms. The molecule has 0 atom stereocenters. The van der Waals surface area contributed by atoms with Gasteiger partial charge in [0.15, 0.2) is 28.8 Å². The molecular weight excluding hydrogens is 422 g/mol. The van der Waals surface area contributed by atoms with Gasteiger partial charge in [-0.25, -0.2) is 8.78 Å². The van der Waals surface area contributed by atoms with E-state index in [1.54, 1.807) is 18.2 Å². The molecule has 2 amide bonds. The van der Waals surface area contributed by atoms with Crippen molar-refractivity contribution >= 4 is 29.2 Å². The fraction of sp³-hybridized carbons (Fsp3) is 0.105. The lowest BCUT2D eigenvalue weighted by molar-refractivity contribution is 0.0945. The van der Waals surface area contributed by atoms with Crippen molar-refractivity contribution < 1.29 is 27.8 Å². The molecule has 8 nitrogen and oxygen atoms in total. The van der Waals surface area contributed by atoms with Crippen LogP contribution in [0.5, 0.6) is 11.5 Å². The molecule has 0 bridgehead atoms. The zero-order chi connectivity index (χ0) is 21.3. The van der Waals surface area contributed by atoms with E-state index in [9.17, 15) is 18.4 Å². The van der Waals surface area contributed by atoms with Gasteiger partial charge in [0.1, 0.15) is 5.82 Å². The summed E-state index contributed by atoms with van der Waals surface area (Å²) in [4.78, 5) is 24.5. The van der Waals surface area contributed by atoms with E-state index in [-0.39, 0.29) is 35.4 Å². The van der Waals surface area contributed by atoms with Crippen LogP contribution in [-0.2, 0) is 6.54 Å². The van der Waals surface area contributed by atoms with Crippen LogP contribution in [0.4, 0.5) is 14.6 Å². The van der Waals surface area contributed by atoms with Gasteiger partial charge < -0.3 is 20.1 Å². The molecule has 0 unspecified atom stereocenters. The van der Waals surface area contributed by atoms with Crippen LogP contribution in [0, 0.1) is 11.6 Å². The highest BCUT2D eigenvalue weighted by Gasteiger charge is 2.18. The lowest BCUT2D eigenvalue weighted by Crippen LogP contribution is -2.23. The number of carbonyl (C=O) groups excluding carboxylic acids is 2. The van der Waals surface area contributed by atoms with Gasteiger partial charge in [0.2, 0.25) is 6.79 Å². The molecule has 1 aromatic heterocycles. The standard InChI is InChI=1S/C19H13ClF2N4O4/c20-11-5-13(22)12(21)4-10(11)18(27)24-17-6-14(25-26-17)19(28)23-7-9-1-2-15-16(3-9)30-8-29-15/h1-6H,7-8H2,(H,23,28)(H2,24,25,26,27). The highest BCUT2D eigenvalue weighted by atomic mass is 35.5. The van der Waals surface area contributed by atoms with E-state index in [0.29, 0.717) is 23.6 Å². The van der Waals surface area contributed by atoms with Gasteiger partial charge in [0.05, 0.1) is 10.6 Å². The number of aromatic nitrogens is 2. The highest BCUT2D eigenvalue weighted by molar-refractivity contribution is 6.34.